The van der Waals surface area contributed by atoms with E-state index >= 15 is 0 Å². The lowest BCUT2D eigenvalue weighted by molar-refractivity contribution is -0.387. The Balaban J connectivity index is 2.23. The fraction of sp³-hybridized carbons (Fsp3) is 0.0769. The maximum Gasteiger partial charge on any atom is 0.305 e. The molecule has 21 heavy (non-hydrogen) atoms. The molecule has 2 rings (SSSR count). The maximum atomic E-state index is 13.6. The minimum atomic E-state index is -1.19. The van der Waals surface area contributed by atoms with Crippen molar-refractivity contribution in [3.05, 3.63) is 66.6 Å². The zero-order chi connectivity index (χ0) is 15.6. The molecule has 0 fully saturated rings. The molecule has 0 amide bonds. The molecule has 0 saturated heterocycles. The second-order valence-electron chi connectivity index (χ2n) is 4.13. The second kappa shape index (κ2) is 6.48. The molecule has 4 nitrogen and oxygen atoms in total. The van der Waals surface area contributed by atoms with E-state index in [0.29, 0.717) is 11.8 Å². The van der Waals surface area contributed by atoms with Crippen LogP contribution in [0.1, 0.15) is 5.56 Å². The van der Waals surface area contributed by atoms with Gasteiger partial charge in [-0.05, 0) is 34.1 Å². The van der Waals surface area contributed by atoms with Gasteiger partial charge in [0.2, 0.25) is 5.82 Å². The summed E-state index contributed by atoms with van der Waals surface area (Å²) in [6, 6.07) is 6.75. The summed E-state index contributed by atoms with van der Waals surface area (Å²) in [6.07, 6.45) is 0. The summed E-state index contributed by atoms with van der Waals surface area (Å²) in [5, 5.41) is 13.6. The van der Waals surface area contributed by atoms with E-state index in [1.807, 2.05) is 0 Å². The average Bonchev–Trinajstić information content (AvgIpc) is 2.39. The summed E-state index contributed by atoms with van der Waals surface area (Å²) in [4.78, 5) is 9.78. The van der Waals surface area contributed by atoms with Crippen molar-refractivity contribution in [1.82, 2.24) is 0 Å². The van der Waals surface area contributed by atoms with Gasteiger partial charge in [-0.1, -0.05) is 15.9 Å². The summed E-state index contributed by atoms with van der Waals surface area (Å²) >= 11 is 6.64. The molecule has 0 heterocycles. The lowest BCUT2D eigenvalue weighted by Gasteiger charge is -2.10. The van der Waals surface area contributed by atoms with Crippen LogP contribution in [0.25, 0.3) is 0 Å². The minimum absolute atomic E-state index is 0.00676. The Labute approximate surface area is 135 Å². The van der Waals surface area contributed by atoms with E-state index in [9.17, 15) is 18.9 Å². The van der Waals surface area contributed by atoms with Gasteiger partial charge in [0.25, 0.3) is 0 Å². The number of hydrogen-bond acceptors (Lipinski definition) is 3. The number of rotatable bonds is 4. The van der Waals surface area contributed by atoms with Crippen LogP contribution in [0.5, 0.6) is 0 Å². The number of nitrogens with one attached hydrogen (secondary N) is 1. The lowest BCUT2D eigenvalue weighted by atomic mass is 10.1. The third-order valence-corrected chi connectivity index (χ3v) is 3.86. The number of anilines is 1. The Morgan fingerprint density at radius 2 is 1.86 bits per heavy atom. The second-order valence-corrected chi connectivity index (χ2v) is 5.90. The molecular formula is C13H8Br2F2N2O2. The van der Waals surface area contributed by atoms with E-state index in [-0.39, 0.29) is 12.1 Å². The molecule has 0 aliphatic rings. The molecule has 8 heteroatoms. The van der Waals surface area contributed by atoms with E-state index in [1.165, 1.54) is 0 Å². The van der Waals surface area contributed by atoms with Crippen molar-refractivity contribution in [2.45, 2.75) is 6.54 Å². The standard InChI is InChI=1S/C13H8Br2F2N2O2/c14-8-1-2-12(9(15)4-8)18-6-7-3-13(19(20)21)11(17)5-10(7)16/h1-5,18H,6H2. The highest BCUT2D eigenvalue weighted by Crippen LogP contribution is 2.27. The molecule has 0 aliphatic heterocycles. The Bertz CT molecular complexity index is 711. The number of nitro benzene ring substituents is 1. The fourth-order valence-corrected chi connectivity index (χ4v) is 2.87. The summed E-state index contributed by atoms with van der Waals surface area (Å²) in [5.41, 5.74) is -0.0504. The van der Waals surface area contributed by atoms with Crippen LogP contribution in [-0.4, -0.2) is 4.92 Å². The summed E-state index contributed by atoms with van der Waals surface area (Å²) < 4.78 is 28.5. The van der Waals surface area contributed by atoms with Gasteiger partial charge in [-0.15, -0.1) is 0 Å². The van der Waals surface area contributed by atoms with Crippen LogP contribution in [0.3, 0.4) is 0 Å². The number of hydrogen-bond donors (Lipinski definition) is 1. The van der Waals surface area contributed by atoms with Gasteiger partial charge in [0.15, 0.2) is 0 Å². The summed E-state index contributed by atoms with van der Waals surface area (Å²) in [5.74, 6) is -2.02. The normalized spacial score (nSPS) is 10.5. The molecule has 1 N–H and O–H groups in total. The highest BCUT2D eigenvalue weighted by molar-refractivity contribution is 9.11. The van der Waals surface area contributed by atoms with Crippen molar-refractivity contribution in [2.24, 2.45) is 0 Å². The highest BCUT2D eigenvalue weighted by Gasteiger charge is 2.18. The fourth-order valence-electron chi connectivity index (χ4n) is 1.68. The van der Waals surface area contributed by atoms with E-state index in [1.54, 1.807) is 18.2 Å². The first kappa shape index (κ1) is 15.8. The molecule has 0 spiro atoms. The molecular weight excluding hydrogens is 414 g/mol. The van der Waals surface area contributed by atoms with E-state index in [4.69, 9.17) is 0 Å². The van der Waals surface area contributed by atoms with Crippen molar-refractivity contribution in [1.29, 1.82) is 0 Å². The third-order valence-electron chi connectivity index (χ3n) is 2.71. The van der Waals surface area contributed by atoms with Gasteiger partial charge in [-0.3, -0.25) is 10.1 Å². The van der Waals surface area contributed by atoms with Crippen LogP contribution in [0, 0.1) is 21.7 Å². The van der Waals surface area contributed by atoms with Crippen LogP contribution in [0.2, 0.25) is 0 Å². The summed E-state index contributed by atoms with van der Waals surface area (Å²) in [6.45, 7) is -0.00676. The molecule has 0 aromatic heterocycles. The molecule has 0 atom stereocenters. The van der Waals surface area contributed by atoms with E-state index < -0.39 is 22.2 Å². The molecule has 0 aliphatic carbocycles. The lowest BCUT2D eigenvalue weighted by Crippen LogP contribution is -2.05. The Morgan fingerprint density at radius 3 is 2.48 bits per heavy atom. The first-order chi connectivity index (χ1) is 9.88. The Morgan fingerprint density at radius 1 is 1.14 bits per heavy atom. The van der Waals surface area contributed by atoms with Gasteiger partial charge in [-0.2, -0.15) is 4.39 Å². The average molecular weight is 422 g/mol. The van der Waals surface area contributed by atoms with Gasteiger partial charge in [0.05, 0.1) is 4.92 Å². The first-order valence-electron chi connectivity index (χ1n) is 5.69. The van der Waals surface area contributed by atoms with Gasteiger partial charge < -0.3 is 5.32 Å². The first-order valence-corrected chi connectivity index (χ1v) is 7.28. The number of nitrogens with zero attached hydrogens (tertiary/aromatic N) is 1. The third kappa shape index (κ3) is 3.76. The highest BCUT2D eigenvalue weighted by atomic mass is 79.9. The molecule has 110 valence electrons. The van der Waals surface area contributed by atoms with Crippen molar-refractivity contribution in [3.63, 3.8) is 0 Å². The monoisotopic (exact) mass is 420 g/mol. The quantitative estimate of drug-likeness (QED) is 0.557. The van der Waals surface area contributed by atoms with E-state index in [0.717, 1.165) is 15.0 Å². The van der Waals surface area contributed by atoms with Crippen molar-refractivity contribution >= 4 is 43.2 Å². The van der Waals surface area contributed by atoms with E-state index in [2.05, 4.69) is 37.2 Å². The van der Waals surface area contributed by atoms with Crippen molar-refractivity contribution < 1.29 is 13.7 Å². The number of nitro groups is 1. The molecule has 2 aromatic carbocycles. The van der Waals surface area contributed by atoms with Crippen LogP contribution in [0.15, 0.2) is 39.3 Å². The Kier molecular flexibility index (Phi) is 4.89. The predicted molar refractivity (Wildman–Crippen MR) is 82.2 cm³/mol. The van der Waals surface area contributed by atoms with Crippen LogP contribution in [0.4, 0.5) is 20.2 Å². The Hall–Kier alpha value is -1.54. The van der Waals surface area contributed by atoms with Crippen molar-refractivity contribution in [2.75, 3.05) is 5.32 Å². The molecule has 2 aromatic rings. The van der Waals surface area contributed by atoms with Gasteiger partial charge in [-0.25, -0.2) is 4.39 Å². The van der Waals surface area contributed by atoms with Gasteiger partial charge in [0, 0.05) is 38.9 Å². The van der Waals surface area contributed by atoms with Crippen molar-refractivity contribution in [3.8, 4) is 0 Å². The SMILES string of the molecule is O=[N+]([O-])c1cc(CNc2ccc(Br)cc2Br)c(F)cc1F. The largest absolute Gasteiger partial charge is 0.380 e. The van der Waals surface area contributed by atoms with Gasteiger partial charge in [0.1, 0.15) is 5.82 Å². The zero-order valence-corrected chi connectivity index (χ0v) is 13.5. The minimum Gasteiger partial charge on any atom is -0.380 e. The van der Waals surface area contributed by atoms with Gasteiger partial charge >= 0.3 is 5.69 Å². The van der Waals surface area contributed by atoms with Crippen LogP contribution >= 0.6 is 31.9 Å². The maximum absolute atomic E-state index is 13.6. The predicted octanol–water partition coefficient (Wildman–Crippen LogP) is 5.01. The summed E-state index contributed by atoms with van der Waals surface area (Å²) in [7, 11) is 0. The zero-order valence-electron chi connectivity index (χ0n) is 10.4. The molecule has 0 bridgehead atoms. The molecule has 0 radical (unpaired) electrons. The van der Waals surface area contributed by atoms with Crippen LogP contribution < -0.4 is 5.32 Å². The molecule has 0 unspecified atom stereocenters. The number of halogens is 4. The molecule has 0 saturated carbocycles. The topological polar surface area (TPSA) is 55.2 Å². The van der Waals surface area contributed by atoms with Crippen LogP contribution in [-0.2, 0) is 6.54 Å². The number of benzene rings is 2. The smallest absolute Gasteiger partial charge is 0.305 e.